The van der Waals surface area contributed by atoms with Gasteiger partial charge in [0.25, 0.3) is 0 Å². The average molecular weight is 203 g/mol. The van der Waals surface area contributed by atoms with E-state index in [1.54, 1.807) is 0 Å². The van der Waals surface area contributed by atoms with Gasteiger partial charge in [-0.1, -0.05) is 0 Å². The molecular formula is C6H12Sn. The first-order valence-corrected chi connectivity index (χ1v) is 10.7. The Morgan fingerprint density at radius 2 is 2.00 bits per heavy atom. The first kappa shape index (κ1) is 7.28. The van der Waals surface area contributed by atoms with Crippen LogP contribution < -0.4 is 0 Å². The summed E-state index contributed by atoms with van der Waals surface area (Å²) in [7, 11) is 0. The third kappa shape index (κ3) is 2.92. The molecule has 0 aliphatic heterocycles. The van der Waals surface area contributed by atoms with Crippen LogP contribution in [0, 0.1) is 0 Å². The Hall–Kier alpha value is 0.279. The van der Waals surface area contributed by atoms with Crippen molar-refractivity contribution in [1.29, 1.82) is 0 Å². The van der Waals surface area contributed by atoms with E-state index in [4.69, 9.17) is 0 Å². The molecule has 0 spiro atoms. The Morgan fingerprint density at radius 3 is 2.00 bits per heavy atom. The van der Waals surface area contributed by atoms with E-state index in [1.165, 1.54) is 3.59 Å². The van der Waals surface area contributed by atoms with Gasteiger partial charge in [-0.05, 0) is 0 Å². The van der Waals surface area contributed by atoms with E-state index in [9.17, 15) is 0 Å². The molecule has 0 saturated carbocycles. The van der Waals surface area contributed by atoms with Crippen molar-refractivity contribution in [2.75, 3.05) is 0 Å². The molecule has 0 bridgehead atoms. The molecule has 1 heteroatoms. The number of rotatable bonds is 2. The summed E-state index contributed by atoms with van der Waals surface area (Å²) in [6.45, 7) is 7.48. The SMILES string of the molecule is C=C[C](=C)[SnH]([CH3])[CH3]. The molecule has 0 aliphatic rings. The molecule has 0 aromatic carbocycles. The molecule has 0 heterocycles. The molecular weight excluding hydrogens is 191 g/mol. The number of allylic oxidation sites excluding steroid dienone is 2. The zero-order valence-electron chi connectivity index (χ0n) is 5.07. The first-order chi connectivity index (χ1) is 3.18. The molecule has 40 valence electrons. The summed E-state index contributed by atoms with van der Waals surface area (Å²) in [6, 6.07) is 0. The third-order valence-electron chi connectivity index (χ3n) is 1.00. The maximum atomic E-state index is 3.85. The van der Waals surface area contributed by atoms with E-state index < -0.39 is 19.8 Å². The molecule has 0 amide bonds. The van der Waals surface area contributed by atoms with Crippen LogP contribution in [0.15, 0.2) is 22.8 Å². The Labute approximate surface area is 52.7 Å². The Balaban J connectivity index is 3.56. The van der Waals surface area contributed by atoms with Gasteiger partial charge >= 0.3 is 52.5 Å². The van der Waals surface area contributed by atoms with Crippen molar-refractivity contribution in [3.05, 3.63) is 22.8 Å². The van der Waals surface area contributed by atoms with Crippen LogP contribution in [0.4, 0.5) is 0 Å². The van der Waals surface area contributed by atoms with Crippen LogP contribution in [0.1, 0.15) is 0 Å². The van der Waals surface area contributed by atoms with Gasteiger partial charge in [-0.15, -0.1) is 0 Å². The second kappa shape index (κ2) is 3.30. The van der Waals surface area contributed by atoms with Gasteiger partial charge < -0.3 is 0 Å². The normalized spacial score (nSPS) is 9.00. The molecule has 0 aromatic heterocycles. The van der Waals surface area contributed by atoms with Crippen molar-refractivity contribution >= 4 is 19.8 Å². The topological polar surface area (TPSA) is 0 Å². The van der Waals surface area contributed by atoms with Crippen LogP contribution in [0.25, 0.3) is 0 Å². The first-order valence-electron chi connectivity index (χ1n) is 2.49. The summed E-state index contributed by atoms with van der Waals surface area (Å²) in [5, 5.41) is 0. The van der Waals surface area contributed by atoms with Crippen LogP contribution in [-0.4, -0.2) is 19.8 Å². The van der Waals surface area contributed by atoms with Crippen LogP contribution in [0.2, 0.25) is 9.88 Å². The van der Waals surface area contributed by atoms with Crippen molar-refractivity contribution in [2.45, 2.75) is 9.88 Å². The second-order valence-electron chi connectivity index (χ2n) is 1.93. The summed E-state index contributed by atoms with van der Waals surface area (Å²) in [5.74, 6) is 0. The van der Waals surface area contributed by atoms with E-state index >= 15 is 0 Å². The fraction of sp³-hybridized carbons (Fsp3) is 0.333. The van der Waals surface area contributed by atoms with Gasteiger partial charge in [-0.2, -0.15) is 0 Å². The van der Waals surface area contributed by atoms with Crippen LogP contribution in [0.5, 0.6) is 0 Å². The maximum absolute atomic E-state index is 3.85. The van der Waals surface area contributed by atoms with E-state index in [2.05, 4.69) is 23.0 Å². The Bertz CT molecular complexity index is 82.2. The van der Waals surface area contributed by atoms with Crippen LogP contribution >= 0.6 is 0 Å². The van der Waals surface area contributed by atoms with Gasteiger partial charge in [0, 0.05) is 0 Å². The predicted molar refractivity (Wildman–Crippen MR) is 38.2 cm³/mol. The molecule has 7 heavy (non-hydrogen) atoms. The number of hydrogen-bond acceptors (Lipinski definition) is 0. The quantitative estimate of drug-likeness (QED) is 0.473. The molecule has 0 saturated heterocycles. The fourth-order valence-corrected chi connectivity index (χ4v) is 1.58. The molecule has 0 rings (SSSR count). The molecule has 0 aliphatic carbocycles. The molecule has 0 nitrogen and oxygen atoms in total. The Kier molecular flexibility index (Phi) is 3.43. The zero-order valence-corrected chi connectivity index (χ0v) is 8.36. The minimum atomic E-state index is -1.16. The third-order valence-corrected chi connectivity index (χ3v) is 5.91. The summed E-state index contributed by atoms with van der Waals surface area (Å²) in [6.07, 6.45) is 1.89. The summed E-state index contributed by atoms with van der Waals surface area (Å²) in [4.78, 5) is 4.62. The molecule has 0 atom stereocenters. The van der Waals surface area contributed by atoms with Crippen molar-refractivity contribution < 1.29 is 0 Å². The van der Waals surface area contributed by atoms with E-state index in [1.807, 2.05) is 6.08 Å². The standard InChI is InChI=1S/C4H5.2CH3.Sn.H/c1-3-4-2;;;;/h3H,1-2H2;2*1H3;;. The summed E-state index contributed by atoms with van der Waals surface area (Å²) in [5.41, 5.74) is 0. The van der Waals surface area contributed by atoms with Gasteiger partial charge in [0.15, 0.2) is 0 Å². The summed E-state index contributed by atoms with van der Waals surface area (Å²) < 4.78 is 1.32. The monoisotopic (exact) mass is 204 g/mol. The molecule has 0 radical (unpaired) electrons. The van der Waals surface area contributed by atoms with Crippen molar-refractivity contribution in [2.24, 2.45) is 0 Å². The minimum absolute atomic E-state index is 1.16. The van der Waals surface area contributed by atoms with Crippen molar-refractivity contribution in [1.82, 2.24) is 0 Å². The fourth-order valence-electron chi connectivity index (χ4n) is 0.236. The Morgan fingerprint density at radius 1 is 1.57 bits per heavy atom. The molecule has 0 N–H and O–H groups in total. The predicted octanol–water partition coefficient (Wildman–Crippen LogP) is 1.75. The molecule has 0 unspecified atom stereocenters. The van der Waals surface area contributed by atoms with Crippen molar-refractivity contribution in [3.63, 3.8) is 0 Å². The molecule has 0 fully saturated rings. The van der Waals surface area contributed by atoms with Gasteiger partial charge in [0.2, 0.25) is 0 Å². The van der Waals surface area contributed by atoms with E-state index in [-0.39, 0.29) is 0 Å². The van der Waals surface area contributed by atoms with Gasteiger partial charge in [-0.3, -0.25) is 0 Å². The van der Waals surface area contributed by atoms with Crippen molar-refractivity contribution in [3.8, 4) is 0 Å². The summed E-state index contributed by atoms with van der Waals surface area (Å²) >= 11 is -1.16. The van der Waals surface area contributed by atoms with Crippen LogP contribution in [0.3, 0.4) is 0 Å². The van der Waals surface area contributed by atoms with Gasteiger partial charge in [0.1, 0.15) is 0 Å². The van der Waals surface area contributed by atoms with Gasteiger partial charge in [0.05, 0.1) is 0 Å². The number of hydrogen-bond donors (Lipinski definition) is 0. The van der Waals surface area contributed by atoms with Gasteiger partial charge in [-0.25, -0.2) is 0 Å². The second-order valence-corrected chi connectivity index (χ2v) is 10.6. The zero-order chi connectivity index (χ0) is 5.86. The van der Waals surface area contributed by atoms with E-state index in [0.29, 0.717) is 0 Å². The van der Waals surface area contributed by atoms with E-state index in [0.717, 1.165) is 0 Å². The molecule has 0 aromatic rings. The van der Waals surface area contributed by atoms with Crippen LogP contribution in [-0.2, 0) is 0 Å². The average Bonchev–Trinajstić information content (AvgIpc) is 1.65.